The normalized spacial score (nSPS) is 9.78. The largest absolute Gasteiger partial charge is 0.497 e. The van der Waals surface area contributed by atoms with Crippen molar-refractivity contribution in [2.24, 2.45) is 0 Å². The molecule has 0 atom stereocenters. The molecule has 0 saturated carbocycles. The van der Waals surface area contributed by atoms with E-state index in [0.717, 1.165) is 32.5 Å². The number of nitrogens with one attached hydrogen (secondary N) is 1. The first kappa shape index (κ1) is 17.1. The van der Waals surface area contributed by atoms with Crippen molar-refractivity contribution in [1.82, 2.24) is 4.98 Å². The Morgan fingerprint density at radius 1 is 1.17 bits per heavy atom. The molecule has 116 valence electrons. The second-order valence-electron chi connectivity index (χ2n) is 4.67. The van der Waals surface area contributed by atoms with Crippen LogP contribution in [0.15, 0.2) is 53.1 Å². The van der Waals surface area contributed by atoms with Crippen LogP contribution in [0.2, 0.25) is 0 Å². The van der Waals surface area contributed by atoms with Gasteiger partial charge in [0.25, 0.3) is 0 Å². The van der Waals surface area contributed by atoms with Gasteiger partial charge in [-0.25, -0.2) is 0 Å². The molecule has 1 N–H and O–H groups in total. The molecule has 3 aromatic rings. The van der Waals surface area contributed by atoms with Crippen LogP contribution in [0.25, 0.3) is 10.9 Å². The number of benzene rings is 2. The fraction of sp³-hybridized carbons (Fsp3) is 0.0588. The van der Waals surface area contributed by atoms with Gasteiger partial charge in [0.05, 0.1) is 23.9 Å². The van der Waals surface area contributed by atoms with Gasteiger partial charge >= 0.3 is 0 Å². The zero-order valence-corrected chi connectivity index (χ0v) is 14.6. The van der Waals surface area contributed by atoms with Crippen LogP contribution in [0, 0.1) is 11.3 Å². The van der Waals surface area contributed by atoms with E-state index in [1.165, 1.54) is 0 Å². The van der Waals surface area contributed by atoms with Crippen molar-refractivity contribution >= 4 is 50.6 Å². The number of rotatable bonds is 3. The number of hydrogen-bond acceptors (Lipinski definition) is 4. The van der Waals surface area contributed by atoms with Crippen LogP contribution in [-0.4, -0.2) is 12.1 Å². The van der Waals surface area contributed by atoms with Crippen LogP contribution < -0.4 is 10.1 Å². The molecule has 0 saturated heterocycles. The molecule has 0 aliphatic heterocycles. The van der Waals surface area contributed by atoms with Gasteiger partial charge in [-0.3, -0.25) is 4.98 Å². The summed E-state index contributed by atoms with van der Waals surface area (Å²) in [6.07, 6.45) is 1.57. The number of methoxy groups -OCH3 is 1. The number of ether oxygens (including phenoxy) is 1. The van der Waals surface area contributed by atoms with E-state index in [0.29, 0.717) is 5.56 Å². The average Bonchev–Trinajstić information content (AvgIpc) is 2.56. The summed E-state index contributed by atoms with van der Waals surface area (Å²) in [5.41, 5.74) is 2.93. The molecule has 23 heavy (non-hydrogen) atoms. The summed E-state index contributed by atoms with van der Waals surface area (Å²) in [5, 5.41) is 13.5. The van der Waals surface area contributed by atoms with E-state index < -0.39 is 0 Å². The first-order chi connectivity index (χ1) is 10.7. The van der Waals surface area contributed by atoms with Gasteiger partial charge in [-0.1, -0.05) is 15.9 Å². The number of hydrogen-bond donors (Lipinski definition) is 1. The monoisotopic (exact) mass is 389 g/mol. The van der Waals surface area contributed by atoms with Gasteiger partial charge in [0.2, 0.25) is 0 Å². The predicted molar refractivity (Wildman–Crippen MR) is 97.7 cm³/mol. The summed E-state index contributed by atoms with van der Waals surface area (Å²) < 4.78 is 6.22. The fourth-order valence-corrected chi connectivity index (χ4v) is 2.46. The Bertz CT molecular complexity index is 875. The highest BCUT2D eigenvalue weighted by Crippen LogP contribution is 2.31. The maximum atomic E-state index is 9.34. The van der Waals surface area contributed by atoms with Crippen LogP contribution in [-0.2, 0) is 0 Å². The molecule has 2 aromatic carbocycles. The van der Waals surface area contributed by atoms with Crippen LogP contribution in [0.5, 0.6) is 5.75 Å². The third-order valence-corrected chi connectivity index (χ3v) is 3.84. The quantitative estimate of drug-likeness (QED) is 0.680. The van der Waals surface area contributed by atoms with Crippen molar-refractivity contribution in [2.75, 3.05) is 12.4 Å². The summed E-state index contributed by atoms with van der Waals surface area (Å²) in [6, 6.07) is 15.6. The Labute approximate surface area is 148 Å². The number of nitriles is 1. The number of fused-ring (bicyclic) bond motifs is 1. The lowest BCUT2D eigenvalue weighted by atomic mass is 10.1. The van der Waals surface area contributed by atoms with Crippen molar-refractivity contribution in [3.05, 3.63) is 58.7 Å². The topological polar surface area (TPSA) is 57.9 Å². The SMILES string of the molecule is COc1ccc2c(Nc3ccc(Br)cc3)c(C#N)cnc2c1.Cl. The Kier molecular flexibility index (Phi) is 5.43. The second kappa shape index (κ2) is 7.32. The van der Waals surface area contributed by atoms with E-state index in [9.17, 15) is 5.26 Å². The molecule has 0 unspecified atom stereocenters. The van der Waals surface area contributed by atoms with Gasteiger partial charge in [-0.2, -0.15) is 5.26 Å². The van der Waals surface area contributed by atoms with Crippen LogP contribution in [0.4, 0.5) is 11.4 Å². The summed E-state index contributed by atoms with van der Waals surface area (Å²) in [4.78, 5) is 4.33. The third-order valence-electron chi connectivity index (χ3n) is 3.31. The molecule has 1 aromatic heterocycles. The highest BCUT2D eigenvalue weighted by atomic mass is 79.9. The summed E-state index contributed by atoms with van der Waals surface area (Å²) in [7, 11) is 1.62. The Morgan fingerprint density at radius 3 is 2.57 bits per heavy atom. The molecular weight excluding hydrogens is 378 g/mol. The molecule has 0 radical (unpaired) electrons. The van der Waals surface area contributed by atoms with Crippen LogP contribution >= 0.6 is 28.3 Å². The van der Waals surface area contributed by atoms with Crippen LogP contribution in [0.1, 0.15) is 5.56 Å². The molecule has 1 heterocycles. The van der Waals surface area contributed by atoms with Gasteiger partial charge < -0.3 is 10.1 Å². The van der Waals surface area contributed by atoms with Crippen LogP contribution in [0.3, 0.4) is 0 Å². The van der Waals surface area contributed by atoms with E-state index in [-0.39, 0.29) is 12.4 Å². The molecule has 0 aliphatic carbocycles. The lowest BCUT2D eigenvalue weighted by molar-refractivity contribution is 0.415. The fourth-order valence-electron chi connectivity index (χ4n) is 2.20. The van der Waals surface area contributed by atoms with Gasteiger partial charge in [0.1, 0.15) is 11.8 Å². The maximum Gasteiger partial charge on any atom is 0.121 e. The second-order valence-corrected chi connectivity index (χ2v) is 5.59. The third kappa shape index (κ3) is 3.55. The Hall–Kier alpha value is -2.29. The zero-order chi connectivity index (χ0) is 15.5. The summed E-state index contributed by atoms with van der Waals surface area (Å²) in [5.74, 6) is 0.735. The van der Waals surface area contributed by atoms with Crippen molar-refractivity contribution in [3.8, 4) is 11.8 Å². The lowest BCUT2D eigenvalue weighted by Crippen LogP contribution is -1.97. The van der Waals surface area contributed by atoms with Gasteiger partial charge in [0, 0.05) is 27.8 Å². The number of halogens is 2. The summed E-state index contributed by atoms with van der Waals surface area (Å²) in [6.45, 7) is 0. The number of aromatic nitrogens is 1. The molecule has 4 nitrogen and oxygen atoms in total. The van der Waals surface area contributed by atoms with Gasteiger partial charge in [0.15, 0.2) is 0 Å². The van der Waals surface area contributed by atoms with Crippen molar-refractivity contribution in [2.45, 2.75) is 0 Å². The highest BCUT2D eigenvalue weighted by Gasteiger charge is 2.10. The number of nitrogens with zero attached hydrogens (tertiary/aromatic N) is 2. The van der Waals surface area contributed by atoms with E-state index in [1.54, 1.807) is 13.3 Å². The zero-order valence-electron chi connectivity index (χ0n) is 12.2. The Balaban J connectivity index is 0.00000192. The van der Waals surface area contributed by atoms with Crippen molar-refractivity contribution in [3.63, 3.8) is 0 Å². The standard InChI is InChI=1S/C17H12BrN3O.ClH/c1-22-14-6-7-15-16(8-14)20-10-11(9-19)17(15)21-13-4-2-12(18)3-5-13;/h2-8,10H,1H3,(H,20,21);1H. The predicted octanol–water partition coefficient (Wildman–Crippen LogP) is 5.04. The smallest absolute Gasteiger partial charge is 0.121 e. The van der Waals surface area contributed by atoms with Crippen molar-refractivity contribution in [1.29, 1.82) is 5.26 Å². The van der Waals surface area contributed by atoms with Crippen molar-refractivity contribution < 1.29 is 4.74 Å². The first-order valence-electron chi connectivity index (χ1n) is 6.60. The lowest BCUT2D eigenvalue weighted by Gasteiger charge is -2.12. The number of anilines is 2. The molecule has 0 fully saturated rings. The average molecular weight is 391 g/mol. The van der Waals surface area contributed by atoms with E-state index >= 15 is 0 Å². The number of pyridine rings is 1. The minimum atomic E-state index is 0. The molecule has 0 aliphatic rings. The molecule has 6 heteroatoms. The molecule has 0 amide bonds. The van der Waals surface area contributed by atoms with E-state index in [1.807, 2.05) is 42.5 Å². The minimum absolute atomic E-state index is 0. The maximum absolute atomic E-state index is 9.34. The summed E-state index contributed by atoms with van der Waals surface area (Å²) >= 11 is 3.41. The van der Waals surface area contributed by atoms with Gasteiger partial charge in [-0.05, 0) is 36.4 Å². The minimum Gasteiger partial charge on any atom is -0.497 e. The molecule has 0 bridgehead atoms. The molecule has 3 rings (SSSR count). The van der Waals surface area contributed by atoms with E-state index in [2.05, 4.69) is 32.3 Å². The Morgan fingerprint density at radius 2 is 1.91 bits per heavy atom. The molecule has 0 spiro atoms. The molecular formula is C17H13BrClN3O. The van der Waals surface area contributed by atoms with Gasteiger partial charge in [-0.15, -0.1) is 12.4 Å². The highest BCUT2D eigenvalue weighted by molar-refractivity contribution is 9.10. The first-order valence-corrected chi connectivity index (χ1v) is 7.40. The van der Waals surface area contributed by atoms with E-state index in [4.69, 9.17) is 4.74 Å².